The highest BCUT2D eigenvalue weighted by molar-refractivity contribution is 7.91. The summed E-state index contributed by atoms with van der Waals surface area (Å²) in [6.45, 7) is 4.30. The molecule has 0 amide bonds. The van der Waals surface area contributed by atoms with E-state index in [0.717, 1.165) is 35.1 Å². The van der Waals surface area contributed by atoms with E-state index >= 15 is 0 Å². The molecule has 2 atom stereocenters. The zero-order valence-corrected chi connectivity index (χ0v) is 14.6. The Morgan fingerprint density at radius 1 is 1.36 bits per heavy atom. The van der Waals surface area contributed by atoms with Crippen LogP contribution in [0.15, 0.2) is 21.7 Å². The standard InChI is InChI=1S/C14H17N3O2S3/c1-9-16-11(8-20-9)13-2-3-14(21-13)22(18,19)17-5-4-10-6-15-7-12(10)17/h2-3,8,10,12,15H,4-7H2,1H3/t10-,12+/m1/s1. The third-order valence-corrected chi connectivity index (χ3v) is 8.68. The molecule has 4 rings (SSSR count). The Labute approximate surface area is 138 Å². The minimum absolute atomic E-state index is 0.122. The fourth-order valence-corrected chi connectivity index (χ4v) is 7.08. The predicted octanol–water partition coefficient (Wildman–Crippen LogP) is 2.16. The first-order valence-corrected chi connectivity index (χ1v) is 10.4. The number of nitrogens with one attached hydrogen (secondary N) is 1. The summed E-state index contributed by atoms with van der Waals surface area (Å²) in [7, 11) is -3.39. The second kappa shape index (κ2) is 5.38. The fourth-order valence-electron chi connectivity index (χ4n) is 3.30. The molecule has 2 aromatic heterocycles. The molecule has 2 aliphatic heterocycles. The van der Waals surface area contributed by atoms with Gasteiger partial charge in [0.15, 0.2) is 0 Å². The molecule has 1 N–H and O–H groups in total. The Hall–Kier alpha value is -0.800. The summed E-state index contributed by atoms with van der Waals surface area (Å²) in [5.41, 5.74) is 0.871. The number of hydrogen-bond donors (Lipinski definition) is 1. The van der Waals surface area contributed by atoms with Crippen molar-refractivity contribution < 1.29 is 8.42 Å². The third kappa shape index (κ3) is 2.33. The second-order valence-electron chi connectivity index (χ2n) is 5.76. The summed E-state index contributed by atoms with van der Waals surface area (Å²) in [5.74, 6) is 0.468. The number of rotatable bonds is 3. The molecule has 2 fully saturated rings. The van der Waals surface area contributed by atoms with Crippen molar-refractivity contribution in [1.82, 2.24) is 14.6 Å². The van der Waals surface area contributed by atoms with Crippen LogP contribution in [0, 0.1) is 12.8 Å². The quantitative estimate of drug-likeness (QED) is 0.916. The first-order valence-electron chi connectivity index (χ1n) is 7.30. The van der Waals surface area contributed by atoms with E-state index in [2.05, 4.69) is 10.3 Å². The lowest BCUT2D eigenvalue weighted by Crippen LogP contribution is -2.38. The van der Waals surface area contributed by atoms with Crippen LogP contribution in [0.5, 0.6) is 0 Å². The highest BCUT2D eigenvalue weighted by Crippen LogP contribution is 2.37. The van der Waals surface area contributed by atoms with E-state index in [1.807, 2.05) is 18.4 Å². The molecular formula is C14H17N3O2S3. The van der Waals surface area contributed by atoms with E-state index in [1.165, 1.54) is 11.3 Å². The van der Waals surface area contributed by atoms with Crippen molar-refractivity contribution in [3.8, 4) is 10.6 Å². The van der Waals surface area contributed by atoms with Gasteiger partial charge in [0.2, 0.25) is 0 Å². The molecule has 8 heteroatoms. The first-order chi connectivity index (χ1) is 10.6. The minimum Gasteiger partial charge on any atom is -0.315 e. The van der Waals surface area contributed by atoms with Crippen molar-refractivity contribution in [1.29, 1.82) is 0 Å². The molecule has 4 heterocycles. The molecule has 5 nitrogen and oxygen atoms in total. The van der Waals surface area contributed by atoms with Crippen LogP contribution in [-0.4, -0.2) is 43.4 Å². The van der Waals surface area contributed by atoms with Crippen molar-refractivity contribution in [2.45, 2.75) is 23.6 Å². The molecule has 0 unspecified atom stereocenters. The fraction of sp³-hybridized carbons (Fsp3) is 0.500. The Bertz CT molecular complexity index is 796. The summed E-state index contributed by atoms with van der Waals surface area (Å²) in [6.07, 6.45) is 0.959. The molecule has 22 heavy (non-hydrogen) atoms. The summed E-state index contributed by atoms with van der Waals surface area (Å²) >= 11 is 2.90. The van der Waals surface area contributed by atoms with Gasteiger partial charge < -0.3 is 5.32 Å². The van der Waals surface area contributed by atoms with Gasteiger partial charge in [0.05, 0.1) is 15.6 Å². The molecule has 0 radical (unpaired) electrons. The number of sulfonamides is 1. The van der Waals surface area contributed by atoms with Gasteiger partial charge in [0, 0.05) is 24.5 Å². The van der Waals surface area contributed by atoms with Crippen LogP contribution in [0.4, 0.5) is 0 Å². The van der Waals surface area contributed by atoms with E-state index in [1.54, 1.807) is 21.7 Å². The van der Waals surface area contributed by atoms with Crippen LogP contribution in [0.1, 0.15) is 11.4 Å². The van der Waals surface area contributed by atoms with Gasteiger partial charge in [-0.05, 0) is 37.9 Å². The molecule has 0 saturated carbocycles. The summed E-state index contributed by atoms with van der Waals surface area (Å²) in [5, 5.41) is 6.27. The SMILES string of the molecule is Cc1nc(-c2ccc(S(=O)(=O)N3CC[C@@H]4CNC[C@@H]43)s2)cs1. The maximum Gasteiger partial charge on any atom is 0.252 e. The predicted molar refractivity (Wildman–Crippen MR) is 88.8 cm³/mol. The lowest BCUT2D eigenvalue weighted by molar-refractivity contribution is 0.384. The van der Waals surface area contributed by atoms with Gasteiger partial charge in [-0.1, -0.05) is 0 Å². The number of thiazole rings is 1. The van der Waals surface area contributed by atoms with Gasteiger partial charge >= 0.3 is 0 Å². The second-order valence-corrected chi connectivity index (χ2v) is 10.0. The van der Waals surface area contributed by atoms with Crippen LogP contribution in [0.3, 0.4) is 0 Å². The molecule has 0 aromatic carbocycles. The molecule has 2 aliphatic rings. The highest BCUT2D eigenvalue weighted by atomic mass is 32.2. The van der Waals surface area contributed by atoms with Gasteiger partial charge in [-0.15, -0.1) is 22.7 Å². The summed E-state index contributed by atoms with van der Waals surface area (Å²) in [6, 6.07) is 3.71. The van der Waals surface area contributed by atoms with E-state index in [9.17, 15) is 8.42 Å². The molecule has 2 aromatic rings. The monoisotopic (exact) mass is 355 g/mol. The summed E-state index contributed by atoms with van der Waals surface area (Å²) < 4.78 is 28.0. The van der Waals surface area contributed by atoms with Crippen molar-refractivity contribution in [3.63, 3.8) is 0 Å². The molecule has 0 bridgehead atoms. The number of thiophene rings is 1. The largest absolute Gasteiger partial charge is 0.315 e. The van der Waals surface area contributed by atoms with Crippen molar-refractivity contribution in [3.05, 3.63) is 22.5 Å². The first kappa shape index (κ1) is 14.8. The zero-order valence-electron chi connectivity index (χ0n) is 12.2. The van der Waals surface area contributed by atoms with Crippen molar-refractivity contribution >= 4 is 32.7 Å². The highest BCUT2D eigenvalue weighted by Gasteiger charge is 2.44. The Morgan fingerprint density at radius 3 is 3.00 bits per heavy atom. The van der Waals surface area contributed by atoms with Gasteiger partial charge in [-0.2, -0.15) is 4.31 Å². The molecule has 2 saturated heterocycles. The van der Waals surface area contributed by atoms with Gasteiger partial charge in [-0.25, -0.2) is 13.4 Å². The van der Waals surface area contributed by atoms with E-state index in [4.69, 9.17) is 0 Å². The summed E-state index contributed by atoms with van der Waals surface area (Å²) in [4.78, 5) is 5.36. The van der Waals surface area contributed by atoms with Gasteiger partial charge in [0.1, 0.15) is 4.21 Å². The molecule has 0 aliphatic carbocycles. The molecular weight excluding hydrogens is 338 g/mol. The van der Waals surface area contributed by atoms with Crippen molar-refractivity contribution in [2.24, 2.45) is 5.92 Å². The third-order valence-electron chi connectivity index (χ3n) is 4.41. The molecule has 0 spiro atoms. The zero-order chi connectivity index (χ0) is 15.3. The van der Waals surface area contributed by atoms with Crippen LogP contribution in [0.2, 0.25) is 0 Å². The number of fused-ring (bicyclic) bond motifs is 1. The Balaban J connectivity index is 1.65. The van der Waals surface area contributed by atoms with Crippen LogP contribution < -0.4 is 5.32 Å². The number of nitrogens with zero attached hydrogens (tertiary/aromatic N) is 2. The van der Waals surface area contributed by atoms with Gasteiger partial charge in [0.25, 0.3) is 10.0 Å². The van der Waals surface area contributed by atoms with Gasteiger partial charge in [-0.3, -0.25) is 0 Å². The number of aryl methyl sites for hydroxylation is 1. The van der Waals surface area contributed by atoms with E-state index < -0.39 is 10.0 Å². The topological polar surface area (TPSA) is 62.3 Å². The maximum absolute atomic E-state index is 12.9. The van der Waals surface area contributed by atoms with Crippen LogP contribution >= 0.6 is 22.7 Å². The normalized spacial score (nSPS) is 25.7. The molecule has 118 valence electrons. The average Bonchev–Trinajstić information content (AvgIpc) is 3.22. The smallest absolute Gasteiger partial charge is 0.252 e. The van der Waals surface area contributed by atoms with E-state index in [-0.39, 0.29) is 6.04 Å². The number of hydrogen-bond acceptors (Lipinski definition) is 6. The Kier molecular flexibility index (Phi) is 3.61. The lowest BCUT2D eigenvalue weighted by atomic mass is 10.1. The maximum atomic E-state index is 12.9. The van der Waals surface area contributed by atoms with E-state index in [0.29, 0.717) is 16.7 Å². The Morgan fingerprint density at radius 2 is 2.23 bits per heavy atom. The van der Waals surface area contributed by atoms with Crippen LogP contribution in [-0.2, 0) is 10.0 Å². The minimum atomic E-state index is -3.39. The number of aromatic nitrogens is 1. The average molecular weight is 356 g/mol. The lowest BCUT2D eigenvalue weighted by Gasteiger charge is -2.21. The van der Waals surface area contributed by atoms with Crippen LogP contribution in [0.25, 0.3) is 10.6 Å². The van der Waals surface area contributed by atoms with Crippen molar-refractivity contribution in [2.75, 3.05) is 19.6 Å².